The molecule has 21 heavy (non-hydrogen) atoms. The van der Waals surface area contributed by atoms with Crippen LogP contribution in [0.25, 0.3) is 0 Å². The van der Waals surface area contributed by atoms with E-state index < -0.39 is 6.09 Å². The van der Waals surface area contributed by atoms with Crippen LogP contribution in [0.2, 0.25) is 0 Å². The minimum Gasteiger partial charge on any atom is -0.443 e. The molecule has 2 aliphatic heterocycles. The van der Waals surface area contributed by atoms with Crippen molar-refractivity contribution in [3.63, 3.8) is 0 Å². The highest BCUT2D eigenvalue weighted by atomic mass is 19.1. The third-order valence-electron chi connectivity index (χ3n) is 3.71. The van der Waals surface area contributed by atoms with Gasteiger partial charge in [-0.15, -0.1) is 0 Å². The van der Waals surface area contributed by atoms with Crippen LogP contribution in [-0.2, 0) is 9.47 Å². The fourth-order valence-electron chi connectivity index (χ4n) is 2.57. The largest absolute Gasteiger partial charge is 0.443 e. The molecule has 0 saturated carbocycles. The fourth-order valence-corrected chi connectivity index (χ4v) is 2.57. The van der Waals surface area contributed by atoms with Gasteiger partial charge in [-0.3, -0.25) is 4.90 Å². The van der Waals surface area contributed by atoms with E-state index in [1.165, 1.54) is 11.0 Å². The first-order valence-electron chi connectivity index (χ1n) is 6.99. The Bertz CT molecular complexity index is 534. The summed E-state index contributed by atoms with van der Waals surface area (Å²) in [5.41, 5.74) is 6.45. The number of halogens is 1. The molecule has 0 aromatic heterocycles. The molecule has 0 spiro atoms. The average Bonchev–Trinajstić information content (AvgIpc) is 2.89. The van der Waals surface area contributed by atoms with Crippen molar-refractivity contribution in [3.8, 4) is 0 Å². The van der Waals surface area contributed by atoms with Gasteiger partial charge in [0.2, 0.25) is 0 Å². The molecule has 2 fully saturated rings. The van der Waals surface area contributed by atoms with E-state index in [0.717, 1.165) is 6.54 Å². The number of nitrogens with one attached hydrogen (secondary N) is 1. The second-order valence-corrected chi connectivity index (χ2v) is 5.12. The number of nitrogens with two attached hydrogens (primary N) is 1. The Balaban J connectivity index is 1.79. The Hall–Kier alpha value is -1.70. The Morgan fingerprint density at radius 1 is 1.48 bits per heavy atom. The van der Waals surface area contributed by atoms with Crippen molar-refractivity contribution in [2.45, 2.75) is 12.2 Å². The number of morpholine rings is 1. The Kier molecular flexibility index (Phi) is 4.05. The number of nitrogens with zero attached hydrogens (tertiary/aromatic N) is 1. The van der Waals surface area contributed by atoms with Gasteiger partial charge in [-0.1, -0.05) is 6.07 Å². The maximum absolute atomic E-state index is 14.3. The molecular formula is C14H18FN3O3. The number of cyclic esters (lactones) is 1. The second-order valence-electron chi connectivity index (χ2n) is 5.12. The van der Waals surface area contributed by atoms with E-state index in [1.807, 2.05) is 0 Å². The number of hydrogen-bond donors (Lipinski definition) is 2. The minimum atomic E-state index is -0.492. The number of anilines is 1. The average molecular weight is 295 g/mol. The van der Waals surface area contributed by atoms with Crippen molar-refractivity contribution in [2.24, 2.45) is 5.73 Å². The molecule has 1 aromatic carbocycles. The van der Waals surface area contributed by atoms with Gasteiger partial charge >= 0.3 is 6.09 Å². The van der Waals surface area contributed by atoms with E-state index in [0.29, 0.717) is 30.9 Å². The summed E-state index contributed by atoms with van der Waals surface area (Å²) in [6, 6.07) is 4.70. The molecule has 1 amide bonds. The molecule has 0 aliphatic carbocycles. The molecule has 2 heterocycles. The van der Waals surface area contributed by atoms with Crippen LogP contribution in [0.5, 0.6) is 0 Å². The van der Waals surface area contributed by atoms with Crippen LogP contribution in [0.3, 0.4) is 0 Å². The Morgan fingerprint density at radius 2 is 2.33 bits per heavy atom. The normalized spacial score (nSPS) is 26.0. The van der Waals surface area contributed by atoms with E-state index >= 15 is 0 Å². The van der Waals surface area contributed by atoms with Crippen LogP contribution in [0.1, 0.15) is 11.7 Å². The molecule has 7 heteroatoms. The van der Waals surface area contributed by atoms with Crippen LogP contribution in [0.15, 0.2) is 18.2 Å². The quantitative estimate of drug-likeness (QED) is 0.861. The standard InChI is InChI=1S/C14H18FN3O3/c15-12-5-9(18-8-10(6-16)21-14(18)19)1-2-11(12)13-7-17-3-4-20-13/h1-2,5,10,13,17H,3-4,6-8,16H2. The van der Waals surface area contributed by atoms with Crippen LogP contribution in [0, 0.1) is 5.82 Å². The van der Waals surface area contributed by atoms with Crippen LogP contribution in [-0.4, -0.2) is 45.0 Å². The van der Waals surface area contributed by atoms with Crippen LogP contribution >= 0.6 is 0 Å². The number of carbonyl (C=O) groups excluding carboxylic acids is 1. The van der Waals surface area contributed by atoms with Crippen molar-refractivity contribution in [2.75, 3.05) is 37.7 Å². The highest BCUT2D eigenvalue weighted by Crippen LogP contribution is 2.28. The summed E-state index contributed by atoms with van der Waals surface area (Å²) in [4.78, 5) is 13.1. The number of benzene rings is 1. The maximum atomic E-state index is 14.3. The van der Waals surface area contributed by atoms with Gasteiger partial charge < -0.3 is 20.5 Å². The van der Waals surface area contributed by atoms with Crippen LogP contribution < -0.4 is 16.0 Å². The summed E-state index contributed by atoms with van der Waals surface area (Å²) in [5, 5.41) is 3.16. The molecule has 0 bridgehead atoms. The topological polar surface area (TPSA) is 76.8 Å². The molecule has 2 unspecified atom stereocenters. The molecule has 3 N–H and O–H groups in total. The van der Waals surface area contributed by atoms with Crippen molar-refractivity contribution in [3.05, 3.63) is 29.6 Å². The number of carbonyl (C=O) groups is 1. The van der Waals surface area contributed by atoms with Crippen molar-refractivity contribution < 1.29 is 18.7 Å². The van der Waals surface area contributed by atoms with E-state index in [-0.39, 0.29) is 24.6 Å². The number of ether oxygens (including phenoxy) is 2. The first kappa shape index (κ1) is 14.2. The van der Waals surface area contributed by atoms with Crippen molar-refractivity contribution >= 4 is 11.8 Å². The number of amides is 1. The van der Waals surface area contributed by atoms with Gasteiger partial charge in [0.05, 0.1) is 24.9 Å². The number of hydrogen-bond acceptors (Lipinski definition) is 5. The summed E-state index contributed by atoms with van der Waals surface area (Å²) in [6.07, 6.45) is -1.13. The molecule has 1 aromatic rings. The van der Waals surface area contributed by atoms with Crippen LogP contribution in [0.4, 0.5) is 14.9 Å². The second kappa shape index (κ2) is 5.97. The lowest BCUT2D eigenvalue weighted by Crippen LogP contribution is -2.34. The van der Waals surface area contributed by atoms with Crippen molar-refractivity contribution in [1.82, 2.24) is 5.32 Å². The summed E-state index contributed by atoms with van der Waals surface area (Å²) in [5.74, 6) is -0.384. The zero-order valence-electron chi connectivity index (χ0n) is 11.5. The Morgan fingerprint density at radius 3 is 2.95 bits per heavy atom. The molecule has 2 saturated heterocycles. The SMILES string of the molecule is NCC1CN(c2ccc(C3CNCCO3)c(F)c2)C(=O)O1. The van der Waals surface area contributed by atoms with Gasteiger partial charge in [0.15, 0.2) is 0 Å². The molecule has 6 nitrogen and oxygen atoms in total. The first-order chi connectivity index (χ1) is 10.2. The molecule has 2 aliphatic rings. The Labute approximate surface area is 122 Å². The predicted octanol–water partition coefficient (Wildman–Crippen LogP) is 0.770. The molecule has 2 atom stereocenters. The molecule has 114 valence electrons. The third kappa shape index (κ3) is 2.85. The fraction of sp³-hybridized carbons (Fsp3) is 0.500. The predicted molar refractivity (Wildman–Crippen MR) is 74.6 cm³/mol. The van der Waals surface area contributed by atoms with Gasteiger partial charge in [0.25, 0.3) is 0 Å². The summed E-state index contributed by atoms with van der Waals surface area (Å²) in [6.45, 7) is 2.51. The van der Waals surface area contributed by atoms with Gasteiger partial charge in [0.1, 0.15) is 11.9 Å². The highest BCUT2D eigenvalue weighted by Gasteiger charge is 2.32. The van der Waals surface area contributed by atoms with E-state index in [9.17, 15) is 9.18 Å². The summed E-state index contributed by atoms with van der Waals surface area (Å²) >= 11 is 0. The zero-order chi connectivity index (χ0) is 14.8. The lowest BCUT2D eigenvalue weighted by Gasteiger charge is -2.25. The molecule has 0 radical (unpaired) electrons. The molecule has 3 rings (SSSR count). The van der Waals surface area contributed by atoms with E-state index in [1.54, 1.807) is 12.1 Å². The van der Waals surface area contributed by atoms with E-state index in [4.69, 9.17) is 15.2 Å². The molecular weight excluding hydrogens is 277 g/mol. The number of rotatable bonds is 3. The third-order valence-corrected chi connectivity index (χ3v) is 3.71. The van der Waals surface area contributed by atoms with Gasteiger partial charge in [-0.2, -0.15) is 0 Å². The van der Waals surface area contributed by atoms with Gasteiger partial charge in [-0.25, -0.2) is 9.18 Å². The lowest BCUT2D eigenvalue weighted by molar-refractivity contribution is 0.0255. The summed E-state index contributed by atoms with van der Waals surface area (Å²) < 4.78 is 24.9. The highest BCUT2D eigenvalue weighted by molar-refractivity contribution is 5.89. The monoisotopic (exact) mass is 295 g/mol. The first-order valence-corrected chi connectivity index (χ1v) is 6.99. The minimum absolute atomic E-state index is 0.254. The summed E-state index contributed by atoms with van der Waals surface area (Å²) in [7, 11) is 0. The van der Waals surface area contributed by atoms with Gasteiger partial charge in [0, 0.05) is 25.2 Å². The lowest BCUT2D eigenvalue weighted by atomic mass is 10.1. The maximum Gasteiger partial charge on any atom is 0.414 e. The smallest absolute Gasteiger partial charge is 0.414 e. The van der Waals surface area contributed by atoms with Crippen molar-refractivity contribution in [1.29, 1.82) is 0 Å². The van der Waals surface area contributed by atoms with Gasteiger partial charge in [-0.05, 0) is 12.1 Å². The zero-order valence-corrected chi connectivity index (χ0v) is 11.5. The van der Waals surface area contributed by atoms with E-state index in [2.05, 4.69) is 5.32 Å².